The molecule has 2 heterocycles. The number of halogens is 2. The summed E-state index contributed by atoms with van der Waals surface area (Å²) in [6.07, 6.45) is 6.08. The van der Waals surface area contributed by atoms with Gasteiger partial charge in [0, 0.05) is 63.3 Å². The highest BCUT2D eigenvalue weighted by Gasteiger charge is 2.13. The molecule has 1 aromatic carbocycles. The van der Waals surface area contributed by atoms with E-state index in [1.54, 1.807) is 30.7 Å². The van der Waals surface area contributed by atoms with E-state index in [1.807, 2.05) is 0 Å². The van der Waals surface area contributed by atoms with E-state index in [0.717, 1.165) is 0 Å². The minimum atomic E-state index is -0.985. The first kappa shape index (κ1) is 18.4. The Labute approximate surface area is 157 Å². The highest BCUT2D eigenvalue weighted by atomic mass is 35.5. The van der Waals surface area contributed by atoms with Crippen LogP contribution in [0, 0.1) is 5.82 Å². The maximum absolute atomic E-state index is 14.3. The second-order valence-electron chi connectivity index (χ2n) is 5.64. The third kappa shape index (κ3) is 4.05. The number of nitrogens with one attached hydrogen (secondary N) is 1. The summed E-state index contributed by atoms with van der Waals surface area (Å²) < 4.78 is 25.4. The number of amides is 1. The van der Waals surface area contributed by atoms with Crippen LogP contribution in [0.1, 0.15) is 10.4 Å². The van der Waals surface area contributed by atoms with Gasteiger partial charge in [-0.3, -0.25) is 19.0 Å². The summed E-state index contributed by atoms with van der Waals surface area (Å²) in [5.41, 5.74) is 1.73. The Bertz CT molecular complexity index is 1010. The lowest BCUT2D eigenvalue weighted by atomic mass is 10.0. The number of hydrogen-bond donors (Lipinski definition) is 1. The summed E-state index contributed by atoms with van der Waals surface area (Å²) in [7, 11) is -0.985. The summed E-state index contributed by atoms with van der Waals surface area (Å²) in [6, 6.07) is 6.03. The Balaban J connectivity index is 2.00. The maximum atomic E-state index is 14.3. The van der Waals surface area contributed by atoms with Crippen molar-refractivity contribution in [2.24, 2.45) is 0 Å². The van der Waals surface area contributed by atoms with Crippen molar-refractivity contribution < 1.29 is 13.4 Å². The molecule has 2 aromatic heterocycles. The Hall–Kier alpha value is -2.38. The van der Waals surface area contributed by atoms with Crippen LogP contribution in [0.2, 0.25) is 5.02 Å². The molecule has 0 aliphatic carbocycles. The van der Waals surface area contributed by atoms with Crippen molar-refractivity contribution in [2.75, 3.05) is 18.6 Å². The van der Waals surface area contributed by atoms with Gasteiger partial charge in [0.05, 0.1) is 17.3 Å². The van der Waals surface area contributed by atoms with Gasteiger partial charge in [0.15, 0.2) is 0 Å². The molecule has 0 radical (unpaired) electrons. The van der Waals surface area contributed by atoms with Crippen LogP contribution in [0.4, 0.5) is 4.39 Å². The van der Waals surface area contributed by atoms with E-state index in [0.29, 0.717) is 44.9 Å². The van der Waals surface area contributed by atoms with Gasteiger partial charge >= 0.3 is 0 Å². The standard InChI is InChI=1S/C18H15ClFN3O2S/c1-26(25)5-4-22-18(24)11-6-14-15(9-21-10-17(14)23-8-11)13-3-2-12(19)7-16(13)20/h2-3,6-10H,4-5H2,1H3,(H,22,24). The number of carbonyl (C=O) groups is 1. The highest BCUT2D eigenvalue weighted by molar-refractivity contribution is 7.84. The van der Waals surface area contributed by atoms with Crippen LogP contribution < -0.4 is 5.32 Å². The predicted molar refractivity (Wildman–Crippen MR) is 101 cm³/mol. The quantitative estimate of drug-likeness (QED) is 0.725. The molecule has 3 rings (SSSR count). The number of benzene rings is 1. The summed E-state index contributed by atoms with van der Waals surface area (Å²) in [4.78, 5) is 20.6. The molecule has 0 saturated heterocycles. The molecule has 0 aliphatic rings. The van der Waals surface area contributed by atoms with Gasteiger partial charge in [-0.25, -0.2) is 4.39 Å². The van der Waals surface area contributed by atoms with Crippen molar-refractivity contribution in [2.45, 2.75) is 0 Å². The molecule has 0 fully saturated rings. The molecule has 26 heavy (non-hydrogen) atoms. The monoisotopic (exact) mass is 391 g/mol. The third-order valence-electron chi connectivity index (χ3n) is 3.77. The Morgan fingerprint density at radius 3 is 2.77 bits per heavy atom. The van der Waals surface area contributed by atoms with Crippen LogP contribution >= 0.6 is 11.6 Å². The molecule has 1 unspecified atom stereocenters. The Kier molecular flexibility index (Phi) is 5.58. The lowest BCUT2D eigenvalue weighted by Gasteiger charge is -2.09. The average Bonchev–Trinajstić information content (AvgIpc) is 2.60. The number of pyridine rings is 2. The number of fused-ring (bicyclic) bond motifs is 1. The van der Waals surface area contributed by atoms with Crippen LogP contribution in [0.25, 0.3) is 22.0 Å². The number of rotatable bonds is 5. The molecule has 5 nitrogen and oxygen atoms in total. The van der Waals surface area contributed by atoms with Crippen molar-refractivity contribution >= 4 is 39.2 Å². The number of hydrogen-bond acceptors (Lipinski definition) is 4. The van der Waals surface area contributed by atoms with E-state index in [2.05, 4.69) is 15.3 Å². The summed E-state index contributed by atoms with van der Waals surface area (Å²) in [5.74, 6) is -0.436. The molecule has 1 amide bonds. The van der Waals surface area contributed by atoms with Gasteiger partial charge < -0.3 is 5.32 Å². The van der Waals surface area contributed by atoms with Crippen LogP contribution in [0.15, 0.2) is 42.9 Å². The number of nitrogens with zero attached hydrogens (tertiary/aromatic N) is 2. The van der Waals surface area contributed by atoms with Gasteiger partial charge in [0.2, 0.25) is 0 Å². The van der Waals surface area contributed by atoms with Gasteiger partial charge in [-0.05, 0) is 24.3 Å². The summed E-state index contributed by atoms with van der Waals surface area (Å²) >= 11 is 5.82. The van der Waals surface area contributed by atoms with Gasteiger partial charge in [0.1, 0.15) is 5.82 Å². The van der Waals surface area contributed by atoms with Crippen LogP contribution in [-0.4, -0.2) is 38.6 Å². The topological polar surface area (TPSA) is 72.0 Å². The second-order valence-corrected chi connectivity index (χ2v) is 7.63. The van der Waals surface area contributed by atoms with Gasteiger partial charge in [-0.15, -0.1) is 0 Å². The molecule has 1 atom stereocenters. The molecule has 1 N–H and O–H groups in total. The molecule has 0 saturated carbocycles. The fraction of sp³-hybridized carbons (Fsp3) is 0.167. The van der Waals surface area contributed by atoms with Crippen molar-refractivity contribution in [3.63, 3.8) is 0 Å². The van der Waals surface area contributed by atoms with E-state index in [4.69, 9.17) is 11.6 Å². The SMILES string of the molecule is CS(=O)CCNC(=O)c1cnc2cncc(-c3ccc(Cl)cc3F)c2c1. The van der Waals surface area contributed by atoms with E-state index in [-0.39, 0.29) is 5.91 Å². The molecule has 0 spiro atoms. The van der Waals surface area contributed by atoms with E-state index in [9.17, 15) is 13.4 Å². The Morgan fingerprint density at radius 2 is 2.04 bits per heavy atom. The van der Waals surface area contributed by atoms with E-state index < -0.39 is 16.6 Å². The van der Waals surface area contributed by atoms with Gasteiger partial charge in [-0.1, -0.05) is 11.6 Å². The lowest BCUT2D eigenvalue weighted by molar-refractivity contribution is 0.0956. The maximum Gasteiger partial charge on any atom is 0.252 e. The lowest BCUT2D eigenvalue weighted by Crippen LogP contribution is -2.27. The fourth-order valence-corrected chi connectivity index (χ4v) is 3.05. The normalized spacial score (nSPS) is 12.1. The Morgan fingerprint density at radius 1 is 1.23 bits per heavy atom. The van der Waals surface area contributed by atoms with Crippen LogP contribution in [0.5, 0.6) is 0 Å². The fourth-order valence-electron chi connectivity index (χ4n) is 2.50. The van der Waals surface area contributed by atoms with Gasteiger partial charge in [0.25, 0.3) is 5.91 Å². The number of aromatic nitrogens is 2. The average molecular weight is 392 g/mol. The molecule has 0 bridgehead atoms. The van der Waals surface area contributed by atoms with Crippen molar-refractivity contribution in [1.29, 1.82) is 0 Å². The minimum absolute atomic E-state index is 0.297. The first-order chi connectivity index (χ1) is 12.5. The van der Waals surface area contributed by atoms with Crippen molar-refractivity contribution in [3.8, 4) is 11.1 Å². The summed E-state index contributed by atoms with van der Waals surface area (Å²) in [6.45, 7) is 0.301. The van der Waals surface area contributed by atoms with Crippen molar-refractivity contribution in [3.05, 3.63) is 59.3 Å². The molecular weight excluding hydrogens is 377 g/mol. The molecule has 134 valence electrons. The van der Waals surface area contributed by atoms with E-state index in [1.165, 1.54) is 18.5 Å². The van der Waals surface area contributed by atoms with Crippen LogP contribution in [0.3, 0.4) is 0 Å². The predicted octanol–water partition coefficient (Wildman–Crippen LogP) is 3.20. The minimum Gasteiger partial charge on any atom is -0.351 e. The first-order valence-corrected chi connectivity index (χ1v) is 9.83. The second kappa shape index (κ2) is 7.88. The zero-order chi connectivity index (χ0) is 18.7. The summed E-state index contributed by atoms with van der Waals surface area (Å²) in [5, 5.41) is 3.60. The van der Waals surface area contributed by atoms with Crippen molar-refractivity contribution in [1.82, 2.24) is 15.3 Å². The highest BCUT2D eigenvalue weighted by Crippen LogP contribution is 2.30. The zero-order valence-corrected chi connectivity index (χ0v) is 15.4. The van der Waals surface area contributed by atoms with Crippen LogP contribution in [-0.2, 0) is 10.8 Å². The smallest absolute Gasteiger partial charge is 0.252 e. The third-order valence-corrected chi connectivity index (χ3v) is 4.78. The molecule has 8 heteroatoms. The van der Waals surface area contributed by atoms with E-state index >= 15 is 0 Å². The first-order valence-electron chi connectivity index (χ1n) is 7.73. The van der Waals surface area contributed by atoms with Gasteiger partial charge in [-0.2, -0.15) is 0 Å². The largest absolute Gasteiger partial charge is 0.351 e. The molecule has 3 aromatic rings. The molecular formula is C18H15ClFN3O2S. The molecule has 0 aliphatic heterocycles. The number of carbonyl (C=O) groups excluding carboxylic acids is 1. The zero-order valence-electron chi connectivity index (χ0n) is 13.8.